The molecule has 2 aromatic rings. The summed E-state index contributed by atoms with van der Waals surface area (Å²) in [5.41, 5.74) is 0.974. The largest absolute Gasteiger partial charge is 0.355 e. The van der Waals surface area contributed by atoms with Gasteiger partial charge in [-0.1, -0.05) is 40.9 Å². The second-order valence-corrected chi connectivity index (χ2v) is 5.60. The van der Waals surface area contributed by atoms with E-state index in [1.54, 1.807) is 11.4 Å². The lowest BCUT2D eigenvalue weighted by atomic mass is 10.1. The second kappa shape index (κ2) is 5.44. The number of benzene rings is 1. The summed E-state index contributed by atoms with van der Waals surface area (Å²) in [6.07, 6.45) is 0. The van der Waals surface area contributed by atoms with Gasteiger partial charge in [-0.25, -0.2) is 4.98 Å². The quantitative estimate of drug-likeness (QED) is 0.835. The summed E-state index contributed by atoms with van der Waals surface area (Å²) in [7, 11) is 0. The third-order valence-electron chi connectivity index (χ3n) is 2.25. The minimum absolute atomic E-state index is 0.0435. The van der Waals surface area contributed by atoms with Gasteiger partial charge in [-0.05, 0) is 24.6 Å². The van der Waals surface area contributed by atoms with Crippen LogP contribution in [-0.2, 0) is 0 Å². The average molecular weight is 308 g/mol. The van der Waals surface area contributed by atoms with E-state index in [1.165, 1.54) is 11.3 Å². The van der Waals surface area contributed by atoms with Gasteiger partial charge in [-0.15, -0.1) is 11.3 Å². The standard InChI is InChI=1S/C11H9Cl3N2S/c1-6(15-11-16-10(14)5-17-11)8-3-2-7(12)4-9(8)13/h2-6H,1H3,(H,15,16). The molecule has 0 saturated carbocycles. The second-order valence-electron chi connectivity index (χ2n) is 3.51. The smallest absolute Gasteiger partial charge is 0.184 e. The lowest BCUT2D eigenvalue weighted by Crippen LogP contribution is -2.06. The van der Waals surface area contributed by atoms with Crippen LogP contribution in [0.15, 0.2) is 23.6 Å². The molecule has 90 valence electrons. The maximum absolute atomic E-state index is 6.13. The van der Waals surface area contributed by atoms with Crippen molar-refractivity contribution in [2.75, 3.05) is 5.32 Å². The molecule has 17 heavy (non-hydrogen) atoms. The summed E-state index contributed by atoms with van der Waals surface area (Å²) >= 11 is 19.2. The Balaban J connectivity index is 2.17. The molecule has 1 N–H and O–H groups in total. The fourth-order valence-electron chi connectivity index (χ4n) is 1.44. The van der Waals surface area contributed by atoms with Crippen LogP contribution in [0, 0.1) is 0 Å². The van der Waals surface area contributed by atoms with Crippen LogP contribution in [0.1, 0.15) is 18.5 Å². The molecule has 0 amide bonds. The number of nitrogens with zero attached hydrogens (tertiary/aromatic N) is 1. The van der Waals surface area contributed by atoms with Gasteiger partial charge >= 0.3 is 0 Å². The first-order valence-corrected chi connectivity index (χ1v) is 6.90. The Morgan fingerprint density at radius 3 is 2.65 bits per heavy atom. The van der Waals surface area contributed by atoms with Crippen molar-refractivity contribution in [1.82, 2.24) is 4.98 Å². The first-order valence-electron chi connectivity index (χ1n) is 4.89. The first-order chi connectivity index (χ1) is 8.06. The van der Waals surface area contributed by atoms with Crippen LogP contribution in [0.25, 0.3) is 0 Å². The SMILES string of the molecule is CC(Nc1nc(Cl)cs1)c1ccc(Cl)cc1Cl. The van der Waals surface area contributed by atoms with Crippen molar-refractivity contribution in [2.45, 2.75) is 13.0 Å². The van der Waals surface area contributed by atoms with Gasteiger partial charge in [-0.3, -0.25) is 0 Å². The lowest BCUT2D eigenvalue weighted by Gasteiger charge is -2.14. The Kier molecular flexibility index (Phi) is 4.15. The van der Waals surface area contributed by atoms with E-state index in [9.17, 15) is 0 Å². The molecule has 1 atom stereocenters. The van der Waals surface area contributed by atoms with E-state index < -0.39 is 0 Å². The van der Waals surface area contributed by atoms with Crippen LogP contribution < -0.4 is 5.32 Å². The zero-order valence-corrected chi connectivity index (χ0v) is 12.0. The van der Waals surface area contributed by atoms with Gasteiger partial charge in [0.25, 0.3) is 0 Å². The van der Waals surface area contributed by atoms with E-state index in [-0.39, 0.29) is 6.04 Å². The number of hydrogen-bond acceptors (Lipinski definition) is 3. The highest BCUT2D eigenvalue weighted by molar-refractivity contribution is 7.14. The molecule has 0 aliphatic heterocycles. The molecule has 0 spiro atoms. The minimum Gasteiger partial charge on any atom is -0.355 e. The molecule has 1 heterocycles. The Morgan fingerprint density at radius 1 is 1.29 bits per heavy atom. The molecule has 0 bridgehead atoms. The van der Waals surface area contributed by atoms with Crippen molar-refractivity contribution >= 4 is 51.3 Å². The van der Waals surface area contributed by atoms with Crippen LogP contribution in [0.4, 0.5) is 5.13 Å². The Hall–Kier alpha value is -0.480. The maximum Gasteiger partial charge on any atom is 0.184 e. The topological polar surface area (TPSA) is 24.9 Å². The van der Waals surface area contributed by atoms with Crippen LogP contribution in [0.3, 0.4) is 0 Å². The zero-order chi connectivity index (χ0) is 12.4. The Morgan fingerprint density at radius 2 is 2.06 bits per heavy atom. The summed E-state index contributed by atoms with van der Waals surface area (Å²) < 4.78 is 0. The van der Waals surface area contributed by atoms with Crippen molar-refractivity contribution in [3.63, 3.8) is 0 Å². The molecule has 2 rings (SSSR count). The van der Waals surface area contributed by atoms with Crippen molar-refractivity contribution in [1.29, 1.82) is 0 Å². The highest BCUT2D eigenvalue weighted by Crippen LogP contribution is 2.29. The Bertz CT molecular complexity index is 527. The number of thiazole rings is 1. The molecule has 0 aliphatic rings. The van der Waals surface area contributed by atoms with E-state index in [1.807, 2.05) is 19.1 Å². The minimum atomic E-state index is 0.0435. The van der Waals surface area contributed by atoms with Crippen molar-refractivity contribution in [2.24, 2.45) is 0 Å². The molecule has 1 unspecified atom stereocenters. The molecule has 0 radical (unpaired) electrons. The van der Waals surface area contributed by atoms with Crippen molar-refractivity contribution < 1.29 is 0 Å². The molecule has 6 heteroatoms. The highest BCUT2D eigenvalue weighted by Gasteiger charge is 2.11. The number of halogens is 3. The first kappa shape index (κ1) is 13.0. The summed E-state index contributed by atoms with van der Waals surface area (Å²) in [5, 5.41) is 7.54. The molecular formula is C11H9Cl3N2S. The average Bonchev–Trinajstić information content (AvgIpc) is 2.63. The lowest BCUT2D eigenvalue weighted by molar-refractivity contribution is 0.882. The van der Waals surface area contributed by atoms with Gasteiger partial charge < -0.3 is 5.32 Å². The molecular weight excluding hydrogens is 299 g/mol. The number of nitrogens with one attached hydrogen (secondary N) is 1. The summed E-state index contributed by atoms with van der Waals surface area (Å²) in [4.78, 5) is 4.13. The molecule has 1 aromatic heterocycles. The molecule has 1 aromatic carbocycles. The van der Waals surface area contributed by atoms with Gasteiger partial charge in [0.05, 0.1) is 6.04 Å². The monoisotopic (exact) mass is 306 g/mol. The fraction of sp³-hybridized carbons (Fsp3) is 0.182. The van der Waals surface area contributed by atoms with E-state index in [2.05, 4.69) is 10.3 Å². The summed E-state index contributed by atoms with van der Waals surface area (Å²) in [6, 6.07) is 5.49. The number of hydrogen-bond donors (Lipinski definition) is 1. The highest BCUT2D eigenvalue weighted by atomic mass is 35.5. The third-order valence-corrected chi connectivity index (χ3v) is 3.90. The van der Waals surface area contributed by atoms with E-state index >= 15 is 0 Å². The van der Waals surface area contributed by atoms with Crippen molar-refractivity contribution in [3.05, 3.63) is 44.3 Å². The third kappa shape index (κ3) is 3.26. The van der Waals surface area contributed by atoms with Gasteiger partial charge in [0, 0.05) is 15.4 Å². The van der Waals surface area contributed by atoms with E-state index in [0.717, 1.165) is 10.7 Å². The van der Waals surface area contributed by atoms with Gasteiger partial charge in [0.2, 0.25) is 0 Å². The number of rotatable bonds is 3. The van der Waals surface area contributed by atoms with Gasteiger partial charge in [-0.2, -0.15) is 0 Å². The number of aromatic nitrogens is 1. The predicted octanol–water partition coefficient (Wildman–Crippen LogP) is 5.28. The predicted molar refractivity (Wildman–Crippen MR) is 75.6 cm³/mol. The van der Waals surface area contributed by atoms with Gasteiger partial charge in [0.15, 0.2) is 5.13 Å². The fourth-order valence-corrected chi connectivity index (χ4v) is 2.93. The van der Waals surface area contributed by atoms with Crippen LogP contribution in [0.2, 0.25) is 15.2 Å². The van der Waals surface area contributed by atoms with Crippen LogP contribution in [0.5, 0.6) is 0 Å². The van der Waals surface area contributed by atoms with Crippen LogP contribution in [-0.4, -0.2) is 4.98 Å². The molecule has 0 saturated heterocycles. The van der Waals surface area contributed by atoms with Crippen LogP contribution >= 0.6 is 46.1 Å². The molecule has 2 nitrogen and oxygen atoms in total. The maximum atomic E-state index is 6.13. The van der Waals surface area contributed by atoms with E-state index in [0.29, 0.717) is 15.2 Å². The Labute approximate surface area is 119 Å². The summed E-state index contributed by atoms with van der Waals surface area (Å²) in [5.74, 6) is 0. The van der Waals surface area contributed by atoms with Crippen molar-refractivity contribution in [3.8, 4) is 0 Å². The number of anilines is 1. The zero-order valence-electron chi connectivity index (χ0n) is 8.88. The molecule has 0 aliphatic carbocycles. The van der Waals surface area contributed by atoms with E-state index in [4.69, 9.17) is 34.8 Å². The normalized spacial score (nSPS) is 12.5. The molecule has 0 fully saturated rings. The van der Waals surface area contributed by atoms with Gasteiger partial charge in [0.1, 0.15) is 5.15 Å². The summed E-state index contributed by atoms with van der Waals surface area (Å²) in [6.45, 7) is 2.00.